The standard InChI is InChI=1S/C25H20N2O4/c28-16-18-11-13-21-23(15-18)31-24(26-21)9-5-4-6-17-10-12-20(19-7-2-1-3-8-19)22(14-17)27-25(29)30/h1-4,6-8,10-16,27H,5,9H2,(H,29,30). The van der Waals surface area contributed by atoms with E-state index in [1.165, 1.54) is 0 Å². The van der Waals surface area contributed by atoms with Crippen LogP contribution in [-0.4, -0.2) is 22.5 Å². The largest absolute Gasteiger partial charge is 0.465 e. The number of oxazole rings is 1. The fourth-order valence-corrected chi connectivity index (χ4v) is 3.35. The number of anilines is 1. The summed E-state index contributed by atoms with van der Waals surface area (Å²) in [5.74, 6) is 0.607. The van der Waals surface area contributed by atoms with Gasteiger partial charge in [0.15, 0.2) is 11.5 Å². The van der Waals surface area contributed by atoms with E-state index in [1.54, 1.807) is 18.2 Å². The third-order valence-electron chi connectivity index (χ3n) is 4.80. The molecule has 0 fully saturated rings. The first-order chi connectivity index (χ1) is 15.1. The summed E-state index contributed by atoms with van der Waals surface area (Å²) in [4.78, 5) is 26.5. The Morgan fingerprint density at radius 1 is 1.03 bits per heavy atom. The molecule has 3 aromatic carbocycles. The van der Waals surface area contributed by atoms with Crippen molar-refractivity contribution in [2.24, 2.45) is 0 Å². The van der Waals surface area contributed by atoms with Gasteiger partial charge in [0, 0.05) is 17.5 Å². The number of hydrogen-bond acceptors (Lipinski definition) is 4. The van der Waals surface area contributed by atoms with Crippen LogP contribution in [0, 0.1) is 0 Å². The molecule has 0 bridgehead atoms. The molecule has 0 saturated heterocycles. The van der Waals surface area contributed by atoms with Crippen LogP contribution in [-0.2, 0) is 6.42 Å². The maximum Gasteiger partial charge on any atom is 0.409 e. The monoisotopic (exact) mass is 412 g/mol. The Kier molecular flexibility index (Phi) is 5.89. The summed E-state index contributed by atoms with van der Waals surface area (Å²) in [5, 5.41) is 11.7. The molecular formula is C25H20N2O4. The van der Waals surface area contributed by atoms with Gasteiger partial charge in [-0.25, -0.2) is 9.78 Å². The van der Waals surface area contributed by atoms with Crippen molar-refractivity contribution in [1.82, 2.24) is 4.98 Å². The van der Waals surface area contributed by atoms with Crippen molar-refractivity contribution in [2.45, 2.75) is 12.8 Å². The van der Waals surface area contributed by atoms with Crippen molar-refractivity contribution in [1.29, 1.82) is 0 Å². The number of aldehydes is 1. The average molecular weight is 412 g/mol. The Bertz CT molecular complexity index is 1260. The number of carboxylic acid groups (broad SMARTS) is 1. The number of carbonyl (C=O) groups is 2. The Morgan fingerprint density at radius 3 is 2.61 bits per heavy atom. The van der Waals surface area contributed by atoms with Gasteiger partial charge in [0.2, 0.25) is 0 Å². The van der Waals surface area contributed by atoms with E-state index in [2.05, 4.69) is 10.3 Å². The fourth-order valence-electron chi connectivity index (χ4n) is 3.35. The van der Waals surface area contributed by atoms with Gasteiger partial charge >= 0.3 is 6.09 Å². The number of fused-ring (bicyclic) bond motifs is 1. The molecule has 0 saturated carbocycles. The van der Waals surface area contributed by atoms with Crippen molar-refractivity contribution in [3.8, 4) is 11.1 Å². The third-order valence-corrected chi connectivity index (χ3v) is 4.80. The lowest BCUT2D eigenvalue weighted by Crippen LogP contribution is -2.08. The van der Waals surface area contributed by atoms with Crippen molar-refractivity contribution >= 4 is 35.2 Å². The minimum atomic E-state index is -1.10. The molecule has 2 N–H and O–H groups in total. The third kappa shape index (κ3) is 4.87. The zero-order chi connectivity index (χ0) is 21.6. The molecule has 154 valence electrons. The molecule has 0 atom stereocenters. The van der Waals surface area contributed by atoms with Crippen LogP contribution in [0.2, 0.25) is 0 Å². The van der Waals surface area contributed by atoms with Gasteiger partial charge in [0.1, 0.15) is 11.8 Å². The van der Waals surface area contributed by atoms with Crippen LogP contribution in [0.25, 0.3) is 28.3 Å². The van der Waals surface area contributed by atoms with Gasteiger partial charge in [0.05, 0.1) is 5.69 Å². The number of benzene rings is 3. The smallest absolute Gasteiger partial charge is 0.409 e. The van der Waals surface area contributed by atoms with Crippen molar-refractivity contribution < 1.29 is 19.1 Å². The first kappa shape index (κ1) is 20.1. The second-order valence-electron chi connectivity index (χ2n) is 6.99. The van der Waals surface area contributed by atoms with Crippen LogP contribution in [0.1, 0.15) is 28.2 Å². The lowest BCUT2D eigenvalue weighted by atomic mass is 10.0. The van der Waals surface area contributed by atoms with Crippen LogP contribution < -0.4 is 5.32 Å². The summed E-state index contributed by atoms with van der Waals surface area (Å²) < 4.78 is 5.71. The summed E-state index contributed by atoms with van der Waals surface area (Å²) >= 11 is 0. The summed E-state index contributed by atoms with van der Waals surface area (Å²) in [5.41, 5.74) is 5.06. The Hall–Kier alpha value is -4.19. The average Bonchev–Trinajstić information content (AvgIpc) is 3.19. The van der Waals surface area contributed by atoms with E-state index in [4.69, 9.17) is 4.42 Å². The van der Waals surface area contributed by atoms with Gasteiger partial charge in [0.25, 0.3) is 0 Å². The summed E-state index contributed by atoms with van der Waals surface area (Å²) in [6.45, 7) is 0. The predicted octanol–water partition coefficient (Wildman–Crippen LogP) is 6.04. The summed E-state index contributed by atoms with van der Waals surface area (Å²) in [6, 6.07) is 20.5. The molecule has 0 aliphatic heterocycles. The number of carbonyl (C=O) groups excluding carboxylic acids is 1. The Balaban J connectivity index is 1.47. The topological polar surface area (TPSA) is 92.4 Å². The molecule has 0 radical (unpaired) electrons. The minimum Gasteiger partial charge on any atom is -0.465 e. The second-order valence-corrected chi connectivity index (χ2v) is 6.99. The van der Waals surface area contributed by atoms with Gasteiger partial charge in [-0.3, -0.25) is 10.1 Å². The van der Waals surface area contributed by atoms with E-state index < -0.39 is 6.09 Å². The van der Waals surface area contributed by atoms with Crippen LogP contribution in [0.3, 0.4) is 0 Å². The van der Waals surface area contributed by atoms with Crippen molar-refractivity contribution in [3.05, 3.63) is 89.8 Å². The van der Waals surface area contributed by atoms with Gasteiger partial charge in [-0.1, -0.05) is 54.6 Å². The summed E-state index contributed by atoms with van der Waals surface area (Å²) in [6.07, 6.45) is 4.93. The highest BCUT2D eigenvalue weighted by atomic mass is 16.4. The minimum absolute atomic E-state index is 0.533. The van der Waals surface area contributed by atoms with Crippen LogP contribution >= 0.6 is 0 Å². The number of hydrogen-bond donors (Lipinski definition) is 2. The lowest BCUT2D eigenvalue weighted by molar-refractivity contribution is 0.112. The Labute approximate surface area is 178 Å². The van der Waals surface area contributed by atoms with Crippen LogP contribution in [0.15, 0.2) is 77.2 Å². The molecule has 0 aliphatic rings. The molecule has 6 nitrogen and oxygen atoms in total. The zero-order valence-electron chi connectivity index (χ0n) is 16.6. The first-order valence-electron chi connectivity index (χ1n) is 9.83. The SMILES string of the molecule is O=Cc1ccc2nc(CCC=Cc3ccc(-c4ccccc4)c(NC(=O)O)c3)oc2c1. The highest BCUT2D eigenvalue weighted by Gasteiger charge is 2.09. The molecule has 4 aromatic rings. The molecule has 0 unspecified atom stereocenters. The van der Waals surface area contributed by atoms with Gasteiger partial charge < -0.3 is 9.52 Å². The molecule has 31 heavy (non-hydrogen) atoms. The summed E-state index contributed by atoms with van der Waals surface area (Å²) in [7, 11) is 0. The van der Waals surface area contributed by atoms with Crippen molar-refractivity contribution in [2.75, 3.05) is 5.32 Å². The number of aromatic nitrogens is 1. The fraction of sp³-hybridized carbons (Fsp3) is 0.0800. The number of nitrogens with one attached hydrogen (secondary N) is 1. The second kappa shape index (κ2) is 9.09. The van der Waals surface area contributed by atoms with Gasteiger partial charge in [-0.15, -0.1) is 0 Å². The van der Waals surface area contributed by atoms with Crippen LogP contribution in [0.5, 0.6) is 0 Å². The van der Waals surface area contributed by atoms with E-state index >= 15 is 0 Å². The van der Waals surface area contributed by atoms with E-state index in [-0.39, 0.29) is 0 Å². The quantitative estimate of drug-likeness (QED) is 0.361. The van der Waals surface area contributed by atoms with E-state index in [0.29, 0.717) is 35.6 Å². The molecule has 1 aromatic heterocycles. The molecule has 1 heterocycles. The zero-order valence-corrected chi connectivity index (χ0v) is 16.6. The number of nitrogens with zero attached hydrogens (tertiary/aromatic N) is 1. The van der Waals surface area contributed by atoms with E-state index in [9.17, 15) is 14.7 Å². The van der Waals surface area contributed by atoms with Gasteiger partial charge in [-0.05, 0) is 41.8 Å². The molecule has 0 spiro atoms. The van der Waals surface area contributed by atoms with Gasteiger partial charge in [-0.2, -0.15) is 0 Å². The number of aryl methyl sites for hydroxylation is 1. The Morgan fingerprint density at radius 2 is 1.84 bits per heavy atom. The van der Waals surface area contributed by atoms with E-state index in [0.717, 1.165) is 28.5 Å². The number of allylic oxidation sites excluding steroid dienone is 1. The predicted molar refractivity (Wildman–Crippen MR) is 120 cm³/mol. The maximum absolute atomic E-state index is 11.2. The first-order valence-corrected chi connectivity index (χ1v) is 9.83. The molecule has 4 rings (SSSR count). The lowest BCUT2D eigenvalue weighted by Gasteiger charge is -2.10. The molecule has 1 amide bonds. The van der Waals surface area contributed by atoms with Crippen LogP contribution in [0.4, 0.5) is 10.5 Å². The number of amides is 1. The normalized spacial score (nSPS) is 11.1. The van der Waals surface area contributed by atoms with E-state index in [1.807, 2.05) is 60.7 Å². The number of rotatable bonds is 7. The molecule has 6 heteroatoms. The maximum atomic E-state index is 11.2. The molecular weight excluding hydrogens is 392 g/mol. The molecule has 0 aliphatic carbocycles. The van der Waals surface area contributed by atoms with Crippen molar-refractivity contribution in [3.63, 3.8) is 0 Å². The highest BCUT2D eigenvalue weighted by molar-refractivity contribution is 5.91. The highest BCUT2D eigenvalue weighted by Crippen LogP contribution is 2.29.